The highest BCUT2D eigenvalue weighted by atomic mass is 19.1. The molecule has 9 heteroatoms. The van der Waals surface area contributed by atoms with Crippen LogP contribution in [0.1, 0.15) is 18.9 Å². The number of nitrogen functional groups attached to an aromatic ring is 1. The zero-order valence-corrected chi connectivity index (χ0v) is 18.4. The van der Waals surface area contributed by atoms with E-state index in [9.17, 15) is 4.39 Å². The minimum absolute atomic E-state index is 0.327. The maximum atomic E-state index is 14.5. The number of hydrogen-bond donors (Lipinski definition) is 3. The van der Waals surface area contributed by atoms with E-state index in [-0.39, 0.29) is 5.82 Å². The Morgan fingerprint density at radius 3 is 2.62 bits per heavy atom. The summed E-state index contributed by atoms with van der Waals surface area (Å²) in [4.78, 5) is 8.95. The fourth-order valence-electron chi connectivity index (χ4n) is 4.60. The van der Waals surface area contributed by atoms with Gasteiger partial charge in [-0.05, 0) is 55.1 Å². The molecular weight excluding hydrogens is 431 g/mol. The van der Waals surface area contributed by atoms with E-state index in [0.717, 1.165) is 53.6 Å². The van der Waals surface area contributed by atoms with Gasteiger partial charge in [0.2, 0.25) is 0 Å². The second kappa shape index (κ2) is 8.35. The second-order valence-corrected chi connectivity index (χ2v) is 8.54. The maximum Gasteiger partial charge on any atom is 0.132 e. The van der Waals surface area contributed by atoms with Gasteiger partial charge in [-0.15, -0.1) is 0 Å². The molecule has 4 N–H and O–H groups in total. The highest BCUT2D eigenvalue weighted by molar-refractivity contribution is 5.98. The molecule has 1 aliphatic rings. The van der Waals surface area contributed by atoms with Crippen molar-refractivity contribution in [1.82, 2.24) is 35.3 Å². The molecule has 170 valence electrons. The summed E-state index contributed by atoms with van der Waals surface area (Å²) in [6.07, 6.45) is 12.8. The molecule has 1 fully saturated rings. The number of piperidine rings is 1. The van der Waals surface area contributed by atoms with Gasteiger partial charge < -0.3 is 11.1 Å². The van der Waals surface area contributed by atoms with E-state index in [0.29, 0.717) is 28.5 Å². The number of nitrogens with one attached hydrogen (secondary N) is 2. The van der Waals surface area contributed by atoms with Gasteiger partial charge in [0, 0.05) is 52.4 Å². The van der Waals surface area contributed by atoms with Crippen molar-refractivity contribution in [3.63, 3.8) is 0 Å². The predicted octanol–water partition coefficient (Wildman–Crippen LogP) is 4.20. The molecule has 34 heavy (non-hydrogen) atoms. The third-order valence-corrected chi connectivity index (χ3v) is 6.47. The third-order valence-electron chi connectivity index (χ3n) is 6.47. The SMILES string of the molecule is Nc1ncc(-c2cnn(C3CCNCC3)c2)cc1-c1cc2c(-c3cn[nH]c3)ccc(F)c2cn1. The molecule has 1 aromatic carbocycles. The zero-order chi connectivity index (χ0) is 23.1. The Balaban J connectivity index is 1.42. The number of fused-ring (bicyclic) bond motifs is 1. The molecule has 0 spiro atoms. The van der Waals surface area contributed by atoms with Crippen LogP contribution in [0.3, 0.4) is 0 Å². The van der Waals surface area contributed by atoms with Crippen molar-refractivity contribution >= 4 is 16.6 Å². The number of aromatic nitrogens is 6. The van der Waals surface area contributed by atoms with E-state index in [1.54, 1.807) is 30.9 Å². The van der Waals surface area contributed by atoms with Gasteiger partial charge in [-0.3, -0.25) is 14.8 Å². The molecule has 0 amide bonds. The van der Waals surface area contributed by atoms with Crippen molar-refractivity contribution in [3.05, 3.63) is 67.3 Å². The van der Waals surface area contributed by atoms with Crippen LogP contribution in [0.4, 0.5) is 10.2 Å². The highest BCUT2D eigenvalue weighted by Gasteiger charge is 2.17. The number of nitrogens with two attached hydrogens (primary N) is 1. The molecule has 0 bridgehead atoms. The minimum atomic E-state index is -0.327. The van der Waals surface area contributed by atoms with Crippen LogP contribution in [0, 0.1) is 5.82 Å². The highest BCUT2D eigenvalue weighted by Crippen LogP contribution is 2.34. The number of halogens is 1. The first-order chi connectivity index (χ1) is 16.7. The van der Waals surface area contributed by atoms with Crippen LogP contribution in [0.15, 0.2) is 61.4 Å². The lowest BCUT2D eigenvalue weighted by atomic mass is 9.99. The summed E-state index contributed by atoms with van der Waals surface area (Å²) < 4.78 is 16.6. The van der Waals surface area contributed by atoms with Gasteiger partial charge in [0.15, 0.2) is 0 Å². The van der Waals surface area contributed by atoms with Crippen LogP contribution in [0.25, 0.3) is 44.3 Å². The number of benzene rings is 1. The van der Waals surface area contributed by atoms with Crippen molar-refractivity contribution in [1.29, 1.82) is 0 Å². The van der Waals surface area contributed by atoms with Crippen molar-refractivity contribution in [2.45, 2.75) is 18.9 Å². The summed E-state index contributed by atoms with van der Waals surface area (Å²) in [5.74, 6) is 0.0362. The molecule has 5 aromatic rings. The fraction of sp³-hybridized carbons (Fsp3) is 0.200. The van der Waals surface area contributed by atoms with E-state index in [4.69, 9.17) is 5.73 Å². The Bertz CT molecular complexity index is 1470. The number of aromatic amines is 1. The summed E-state index contributed by atoms with van der Waals surface area (Å²) in [6, 6.07) is 7.42. The Morgan fingerprint density at radius 2 is 1.79 bits per heavy atom. The average Bonchev–Trinajstić information content (AvgIpc) is 3.58. The van der Waals surface area contributed by atoms with E-state index in [2.05, 4.69) is 36.8 Å². The summed E-state index contributed by atoms with van der Waals surface area (Å²) in [6.45, 7) is 2.00. The second-order valence-electron chi connectivity index (χ2n) is 8.54. The number of nitrogens with zero attached hydrogens (tertiary/aromatic N) is 5. The molecule has 0 radical (unpaired) electrons. The maximum absolute atomic E-state index is 14.5. The number of hydrogen-bond acceptors (Lipinski definition) is 6. The van der Waals surface area contributed by atoms with Gasteiger partial charge in [-0.25, -0.2) is 9.37 Å². The largest absolute Gasteiger partial charge is 0.383 e. The number of rotatable bonds is 4. The lowest BCUT2D eigenvalue weighted by Gasteiger charge is -2.22. The number of pyridine rings is 2. The van der Waals surface area contributed by atoms with Gasteiger partial charge >= 0.3 is 0 Å². The van der Waals surface area contributed by atoms with Crippen LogP contribution < -0.4 is 11.1 Å². The van der Waals surface area contributed by atoms with E-state index in [1.807, 2.05) is 23.0 Å². The molecule has 0 aliphatic carbocycles. The monoisotopic (exact) mass is 454 g/mol. The van der Waals surface area contributed by atoms with Gasteiger partial charge in [0.1, 0.15) is 11.6 Å². The smallest absolute Gasteiger partial charge is 0.132 e. The van der Waals surface area contributed by atoms with Crippen molar-refractivity contribution in [3.8, 4) is 33.5 Å². The topological polar surface area (TPSA) is 110 Å². The molecule has 6 rings (SSSR count). The van der Waals surface area contributed by atoms with Gasteiger partial charge in [-0.1, -0.05) is 6.07 Å². The lowest BCUT2D eigenvalue weighted by molar-refractivity contribution is 0.343. The summed E-state index contributed by atoms with van der Waals surface area (Å²) >= 11 is 0. The molecule has 0 unspecified atom stereocenters. The van der Waals surface area contributed by atoms with E-state index in [1.165, 1.54) is 6.07 Å². The Kier molecular flexibility index (Phi) is 5.03. The quantitative estimate of drug-likeness (QED) is 0.375. The standard InChI is InChI=1S/C25H23FN8/c26-23-2-1-19(16-10-31-32-11-16)20-8-24(29-13-22(20)23)21-7-15(9-30-25(21)27)17-12-33-34(14-17)18-3-5-28-6-4-18/h1-2,7-14,18,28H,3-6H2,(H2,27,30)(H,31,32). The Hall–Kier alpha value is -4.11. The summed E-state index contributed by atoms with van der Waals surface area (Å²) in [5, 5.41) is 16.0. The van der Waals surface area contributed by atoms with Crippen LogP contribution >= 0.6 is 0 Å². The van der Waals surface area contributed by atoms with Gasteiger partial charge in [-0.2, -0.15) is 10.2 Å². The molecule has 1 aliphatic heterocycles. The Morgan fingerprint density at radius 1 is 0.912 bits per heavy atom. The van der Waals surface area contributed by atoms with Crippen LogP contribution in [0.5, 0.6) is 0 Å². The van der Waals surface area contributed by atoms with Crippen LogP contribution in [-0.2, 0) is 0 Å². The first-order valence-electron chi connectivity index (χ1n) is 11.3. The molecule has 0 saturated carbocycles. The fourth-order valence-corrected chi connectivity index (χ4v) is 4.60. The van der Waals surface area contributed by atoms with E-state index < -0.39 is 0 Å². The minimum Gasteiger partial charge on any atom is -0.383 e. The van der Waals surface area contributed by atoms with Crippen molar-refractivity contribution in [2.24, 2.45) is 0 Å². The van der Waals surface area contributed by atoms with Crippen molar-refractivity contribution < 1.29 is 4.39 Å². The molecule has 0 atom stereocenters. The summed E-state index contributed by atoms with van der Waals surface area (Å²) in [7, 11) is 0. The number of anilines is 1. The Labute approximate surface area is 195 Å². The van der Waals surface area contributed by atoms with Crippen LogP contribution in [0.2, 0.25) is 0 Å². The summed E-state index contributed by atoms with van der Waals surface area (Å²) in [5.41, 5.74) is 11.2. The number of H-pyrrole nitrogens is 1. The average molecular weight is 455 g/mol. The lowest BCUT2D eigenvalue weighted by Crippen LogP contribution is -2.29. The van der Waals surface area contributed by atoms with Gasteiger partial charge in [0.05, 0.1) is 24.1 Å². The first-order valence-corrected chi connectivity index (χ1v) is 11.3. The molecule has 1 saturated heterocycles. The molecule has 5 heterocycles. The predicted molar refractivity (Wildman–Crippen MR) is 129 cm³/mol. The van der Waals surface area contributed by atoms with Gasteiger partial charge in [0.25, 0.3) is 0 Å². The third kappa shape index (κ3) is 3.60. The normalized spacial score (nSPS) is 14.6. The van der Waals surface area contributed by atoms with E-state index >= 15 is 0 Å². The molecule has 4 aromatic heterocycles. The van der Waals surface area contributed by atoms with Crippen molar-refractivity contribution in [2.75, 3.05) is 18.8 Å². The molecular formula is C25H23FN8. The first kappa shape index (κ1) is 20.5. The van der Waals surface area contributed by atoms with Crippen LogP contribution in [-0.4, -0.2) is 43.0 Å². The molecule has 8 nitrogen and oxygen atoms in total. The zero-order valence-electron chi connectivity index (χ0n) is 18.4.